The Morgan fingerprint density at radius 3 is 2.58 bits per heavy atom. The topological polar surface area (TPSA) is 243 Å². The van der Waals surface area contributed by atoms with Crippen molar-refractivity contribution >= 4 is 40.6 Å². The molecular formula is C31H38N10O7. The molecule has 0 bridgehead atoms. The molecule has 6 rings (SSSR count). The molecule has 2 fully saturated rings. The number of imidazole rings is 1. The summed E-state index contributed by atoms with van der Waals surface area (Å²) in [5.41, 5.74) is 2.13. The molecule has 6 atom stereocenters. The van der Waals surface area contributed by atoms with Gasteiger partial charge in [-0.25, -0.2) is 9.78 Å². The van der Waals surface area contributed by atoms with Crippen LogP contribution in [0.25, 0.3) is 11.2 Å². The zero-order chi connectivity index (χ0) is 33.8. The fourth-order valence-electron chi connectivity index (χ4n) is 6.19. The van der Waals surface area contributed by atoms with Crippen molar-refractivity contribution in [3.63, 3.8) is 0 Å². The van der Waals surface area contributed by atoms with E-state index in [4.69, 9.17) is 9.97 Å². The van der Waals surface area contributed by atoms with E-state index in [9.17, 15) is 35.1 Å². The van der Waals surface area contributed by atoms with E-state index in [1.807, 2.05) is 4.90 Å². The van der Waals surface area contributed by atoms with E-state index in [-0.39, 0.29) is 30.9 Å². The Kier molecular flexibility index (Phi) is 9.81. The summed E-state index contributed by atoms with van der Waals surface area (Å²) < 4.78 is 1.63. The molecule has 1 unspecified atom stereocenters. The molecule has 2 aliphatic rings. The number of phenolic OH excluding ortho intramolecular Hbond substituents is 1. The van der Waals surface area contributed by atoms with Crippen LogP contribution >= 0.6 is 0 Å². The molecule has 1 saturated heterocycles. The number of urea groups is 1. The number of hydrogen-bond donors (Lipinski definition) is 9. The maximum atomic E-state index is 12.6. The molecular weight excluding hydrogens is 624 g/mol. The molecule has 254 valence electrons. The van der Waals surface area contributed by atoms with Gasteiger partial charge in [-0.05, 0) is 49.1 Å². The van der Waals surface area contributed by atoms with Gasteiger partial charge >= 0.3 is 6.03 Å². The smallest absolute Gasteiger partial charge is 0.319 e. The third-order valence-corrected chi connectivity index (χ3v) is 8.61. The van der Waals surface area contributed by atoms with Crippen molar-refractivity contribution < 1.29 is 35.1 Å². The summed E-state index contributed by atoms with van der Waals surface area (Å²) in [6.07, 6.45) is 3.23. The number of hydrogen-bond acceptors (Lipinski definition) is 13. The number of aromatic hydroxyl groups is 1. The van der Waals surface area contributed by atoms with Crippen LogP contribution in [0.1, 0.15) is 24.4 Å². The predicted octanol–water partition coefficient (Wildman–Crippen LogP) is -0.513. The van der Waals surface area contributed by atoms with Gasteiger partial charge in [-0.2, -0.15) is 9.97 Å². The summed E-state index contributed by atoms with van der Waals surface area (Å²) in [6, 6.07) is 7.49. The lowest BCUT2D eigenvalue weighted by molar-refractivity contribution is -0.125. The van der Waals surface area contributed by atoms with Crippen LogP contribution in [0, 0.1) is 0 Å². The largest absolute Gasteiger partial charge is 0.508 e. The third-order valence-electron chi connectivity index (χ3n) is 8.61. The first kappa shape index (κ1) is 32.8. The summed E-state index contributed by atoms with van der Waals surface area (Å²) in [5.74, 6) is 0.109. The number of amides is 3. The molecule has 1 aromatic carbocycles. The van der Waals surface area contributed by atoms with E-state index in [0.29, 0.717) is 54.5 Å². The highest BCUT2D eigenvalue weighted by atomic mass is 16.3. The average molecular weight is 663 g/mol. The van der Waals surface area contributed by atoms with Gasteiger partial charge in [-0.1, -0.05) is 12.1 Å². The Labute approximate surface area is 274 Å². The highest BCUT2D eigenvalue weighted by molar-refractivity contribution is 5.89. The van der Waals surface area contributed by atoms with Crippen molar-refractivity contribution in [1.82, 2.24) is 35.1 Å². The molecule has 9 N–H and O–H groups in total. The highest BCUT2D eigenvalue weighted by Gasteiger charge is 2.44. The monoisotopic (exact) mass is 662 g/mol. The summed E-state index contributed by atoms with van der Waals surface area (Å²) in [4.78, 5) is 44.6. The van der Waals surface area contributed by atoms with E-state index in [1.165, 1.54) is 6.33 Å². The maximum absolute atomic E-state index is 12.6. The van der Waals surface area contributed by atoms with Gasteiger partial charge in [-0.15, -0.1) is 0 Å². The van der Waals surface area contributed by atoms with Gasteiger partial charge in [0.2, 0.25) is 11.9 Å². The fraction of sp³-hybridized carbons (Fsp3) is 0.419. The first-order valence-corrected chi connectivity index (χ1v) is 15.6. The van der Waals surface area contributed by atoms with Crippen LogP contribution in [-0.4, -0.2) is 119 Å². The summed E-state index contributed by atoms with van der Waals surface area (Å²) >= 11 is 0. The molecule has 4 heterocycles. The van der Waals surface area contributed by atoms with Crippen molar-refractivity contribution in [2.75, 3.05) is 41.8 Å². The highest BCUT2D eigenvalue weighted by Crippen LogP contribution is 2.35. The lowest BCUT2D eigenvalue weighted by Gasteiger charge is -2.22. The molecule has 17 heteroatoms. The molecule has 3 aromatic heterocycles. The van der Waals surface area contributed by atoms with E-state index in [1.54, 1.807) is 53.4 Å². The Hall–Kier alpha value is -5.10. The number of aromatic nitrogens is 5. The normalized spacial score (nSPS) is 22.8. The number of pyridine rings is 1. The standard InChI is InChI=1S/C31H38N10O7/c42-14-20(10-17-3-5-21(44)6-4-17)34-28-25-29(41(16-33-25)23-11-22(26(46)27(23)47)37-24(45)15-43)39-30(38-28)40-9-7-19(13-40)36-31(48)35-18-2-1-8-32-12-18/h1-6,8,12,16,19-20,22-23,26-27,42-44,46-47H,7,9-11,13-15H2,(H,37,45)(H,34,38,39)(H2,35,36,48)/t19?,20-,22-,23+,26+,27-/m0/s1. The lowest BCUT2D eigenvalue weighted by atomic mass is 10.1. The van der Waals surface area contributed by atoms with Gasteiger partial charge in [0.15, 0.2) is 17.0 Å². The summed E-state index contributed by atoms with van der Waals surface area (Å²) in [5, 5.41) is 62.4. The van der Waals surface area contributed by atoms with Gasteiger partial charge in [0.05, 0.1) is 42.9 Å². The van der Waals surface area contributed by atoms with Gasteiger partial charge < -0.3 is 56.3 Å². The van der Waals surface area contributed by atoms with Gasteiger partial charge in [0.25, 0.3) is 0 Å². The van der Waals surface area contributed by atoms with Gasteiger partial charge in [0, 0.05) is 25.3 Å². The number of benzene rings is 1. The number of phenols is 1. The van der Waals surface area contributed by atoms with Crippen LogP contribution < -0.4 is 26.2 Å². The second-order valence-electron chi connectivity index (χ2n) is 12.0. The lowest BCUT2D eigenvalue weighted by Crippen LogP contribution is -2.44. The van der Waals surface area contributed by atoms with E-state index in [2.05, 4.69) is 31.2 Å². The van der Waals surface area contributed by atoms with E-state index < -0.39 is 42.8 Å². The van der Waals surface area contributed by atoms with Crippen LogP contribution in [0.15, 0.2) is 55.1 Å². The molecule has 0 spiro atoms. The van der Waals surface area contributed by atoms with E-state index in [0.717, 1.165) is 5.56 Å². The minimum atomic E-state index is -1.30. The SMILES string of the molecule is O=C(CO)N[C@H]1C[C@@H](n2cnc3c(N[C@H](CO)Cc4ccc(O)cc4)nc(N4CCC(NC(=O)Nc5cccnc5)C4)nc32)[C@H](O)[C@@H]1O. The van der Waals surface area contributed by atoms with E-state index >= 15 is 0 Å². The molecule has 3 amide bonds. The van der Waals surface area contributed by atoms with Crippen LogP contribution in [0.2, 0.25) is 0 Å². The molecule has 17 nitrogen and oxygen atoms in total. The van der Waals surface area contributed by atoms with Crippen LogP contribution in [0.3, 0.4) is 0 Å². The molecule has 48 heavy (non-hydrogen) atoms. The molecule has 0 radical (unpaired) electrons. The third kappa shape index (κ3) is 7.23. The van der Waals surface area contributed by atoms with Crippen molar-refractivity contribution in [1.29, 1.82) is 0 Å². The maximum Gasteiger partial charge on any atom is 0.319 e. The van der Waals surface area contributed by atoms with Crippen molar-refractivity contribution in [3.05, 3.63) is 60.7 Å². The minimum absolute atomic E-state index is 0.130. The molecule has 1 aliphatic carbocycles. The molecule has 1 saturated carbocycles. The molecule has 1 aliphatic heterocycles. The Morgan fingerprint density at radius 2 is 1.85 bits per heavy atom. The predicted molar refractivity (Wildman–Crippen MR) is 173 cm³/mol. The zero-order valence-electron chi connectivity index (χ0n) is 25.8. The number of carbonyl (C=O) groups is 2. The van der Waals surface area contributed by atoms with Gasteiger partial charge in [-0.3, -0.25) is 9.78 Å². The quantitative estimate of drug-likeness (QED) is 0.0984. The minimum Gasteiger partial charge on any atom is -0.508 e. The summed E-state index contributed by atoms with van der Waals surface area (Å²) in [7, 11) is 0. The Bertz CT molecular complexity index is 1720. The van der Waals surface area contributed by atoms with Crippen molar-refractivity contribution in [2.45, 2.75) is 55.6 Å². The second kappa shape index (κ2) is 14.3. The van der Waals surface area contributed by atoms with Gasteiger partial charge in [0.1, 0.15) is 24.6 Å². The first-order valence-electron chi connectivity index (χ1n) is 15.6. The van der Waals surface area contributed by atoms with Crippen LogP contribution in [0.5, 0.6) is 5.75 Å². The summed E-state index contributed by atoms with van der Waals surface area (Å²) in [6.45, 7) is -0.0785. The second-order valence-corrected chi connectivity index (χ2v) is 12.0. The average Bonchev–Trinajstić information content (AvgIpc) is 3.80. The van der Waals surface area contributed by atoms with Crippen molar-refractivity contribution in [2.24, 2.45) is 0 Å². The molecule has 4 aromatic rings. The number of rotatable bonds is 11. The number of anilines is 3. The zero-order valence-corrected chi connectivity index (χ0v) is 25.8. The van der Waals surface area contributed by atoms with Crippen LogP contribution in [-0.2, 0) is 11.2 Å². The number of aliphatic hydroxyl groups excluding tert-OH is 4. The number of fused-ring (bicyclic) bond motifs is 1. The Balaban J connectivity index is 1.28. The van der Waals surface area contributed by atoms with Crippen LogP contribution in [0.4, 0.5) is 22.2 Å². The first-order chi connectivity index (χ1) is 23.2. The fourth-order valence-corrected chi connectivity index (χ4v) is 6.19. The number of carbonyl (C=O) groups excluding carboxylic acids is 2. The number of nitrogens with one attached hydrogen (secondary N) is 4. The number of nitrogens with zero attached hydrogens (tertiary/aromatic N) is 6. The van der Waals surface area contributed by atoms with Crippen molar-refractivity contribution in [3.8, 4) is 5.75 Å². The Morgan fingerprint density at radius 1 is 1.04 bits per heavy atom. The number of aliphatic hydroxyl groups is 4.